The van der Waals surface area contributed by atoms with Gasteiger partial charge in [-0.25, -0.2) is 0 Å². The number of rotatable bonds is 6. The first-order valence-corrected chi connectivity index (χ1v) is 47.0. The fraction of sp³-hybridized carbons (Fsp3) is 0. The van der Waals surface area contributed by atoms with E-state index < -0.39 is 21.4 Å². The molecule has 0 saturated carbocycles. The van der Waals surface area contributed by atoms with Gasteiger partial charge in [0, 0.05) is 96.5 Å². The second-order valence-corrected chi connectivity index (χ2v) is 40.7. The molecule has 3 unspecified atom stereocenters. The zero-order valence-corrected chi connectivity index (χ0v) is 69.2. The molecule has 123 heavy (non-hydrogen) atoms. The Kier molecular flexibility index (Phi) is 15.9. The van der Waals surface area contributed by atoms with Crippen LogP contribution in [-0.4, -0.2) is 13.7 Å². The van der Waals surface area contributed by atoms with E-state index in [9.17, 15) is 0 Å². The Bertz CT molecular complexity index is 8800. The van der Waals surface area contributed by atoms with E-state index in [-0.39, 0.29) is 0 Å². The van der Waals surface area contributed by atoms with Crippen molar-refractivity contribution in [2.75, 3.05) is 0 Å². The molecule has 0 saturated heterocycles. The first-order chi connectivity index (χ1) is 60.7. The van der Waals surface area contributed by atoms with Crippen molar-refractivity contribution < 1.29 is 13.7 Å². The lowest BCUT2D eigenvalue weighted by atomic mass is 10.00. The van der Waals surface area contributed by atoms with Gasteiger partial charge in [-0.15, -0.1) is 0 Å². The van der Waals surface area contributed by atoms with Crippen LogP contribution in [0.15, 0.2) is 437 Å². The van der Waals surface area contributed by atoms with Gasteiger partial charge >= 0.3 is 0 Å². The highest BCUT2D eigenvalue weighted by molar-refractivity contribution is 7.87. The predicted octanol–water partition coefficient (Wildman–Crippen LogP) is 26.1. The van der Waals surface area contributed by atoms with E-state index in [0.29, 0.717) is 0 Å². The van der Waals surface area contributed by atoms with Gasteiger partial charge in [-0.2, -0.15) is 0 Å². The zero-order chi connectivity index (χ0) is 81.4. The van der Waals surface area contributed by atoms with Crippen LogP contribution >= 0.6 is 21.4 Å². The van der Waals surface area contributed by atoms with Crippen molar-refractivity contribution in [2.24, 2.45) is 0 Å². The fourth-order valence-electron chi connectivity index (χ4n) is 20.9. The minimum absolute atomic E-state index is 0.884. The molecule has 3 aliphatic heterocycles. The number of para-hydroxylation sites is 3. The van der Waals surface area contributed by atoms with E-state index >= 15 is 13.7 Å². The lowest BCUT2D eigenvalue weighted by molar-refractivity contribution is 0.592. The lowest BCUT2D eigenvalue weighted by Crippen LogP contribution is -2.20. The van der Waals surface area contributed by atoms with E-state index in [1.54, 1.807) is 0 Å². The fourth-order valence-corrected chi connectivity index (χ4v) is 30.1. The zero-order valence-electron chi connectivity index (χ0n) is 66.5. The average molecular weight is 1620 g/mol. The summed E-state index contributed by atoms with van der Waals surface area (Å²) in [5.41, 5.74) is 16.6. The molecule has 0 amide bonds. The van der Waals surface area contributed by atoms with E-state index in [2.05, 4.69) is 335 Å². The van der Waals surface area contributed by atoms with Crippen LogP contribution < -0.4 is 47.7 Å². The summed E-state index contributed by atoms with van der Waals surface area (Å²) in [6.45, 7) is 0. The monoisotopic (exact) mass is 1620 g/mol. The van der Waals surface area contributed by atoms with Crippen molar-refractivity contribution in [3.63, 3.8) is 0 Å². The van der Waals surface area contributed by atoms with Gasteiger partial charge in [-0.3, -0.25) is 0 Å². The van der Waals surface area contributed by atoms with E-state index in [1.165, 1.54) is 75.4 Å². The molecule has 0 spiro atoms. The van der Waals surface area contributed by atoms with Crippen LogP contribution in [0.1, 0.15) is 0 Å². The van der Waals surface area contributed by atoms with Crippen LogP contribution in [0.5, 0.6) is 0 Å². The van der Waals surface area contributed by atoms with Crippen LogP contribution in [0.25, 0.3) is 180 Å². The summed E-state index contributed by atoms with van der Waals surface area (Å²) in [5, 5.41) is 30.0. The molecule has 9 heteroatoms. The molecule has 6 nitrogen and oxygen atoms in total. The highest BCUT2D eigenvalue weighted by Gasteiger charge is 2.44. The first kappa shape index (κ1) is 71.2. The van der Waals surface area contributed by atoms with Crippen LogP contribution in [0, 0.1) is 0 Å². The molecule has 24 aromatic rings. The number of nitrogens with zero attached hydrogens (tertiary/aromatic N) is 3. The summed E-state index contributed by atoms with van der Waals surface area (Å²) in [6.07, 6.45) is 0. The highest BCUT2D eigenvalue weighted by atomic mass is 31.2. The van der Waals surface area contributed by atoms with Gasteiger partial charge in [-0.05, 0) is 166 Å². The van der Waals surface area contributed by atoms with Crippen molar-refractivity contribution in [3.05, 3.63) is 437 Å². The predicted molar refractivity (Wildman–Crippen MR) is 523 cm³/mol. The maximum atomic E-state index is 15.2. The van der Waals surface area contributed by atoms with Crippen LogP contribution in [0.4, 0.5) is 0 Å². The number of benzene rings is 21. The van der Waals surface area contributed by atoms with Crippen molar-refractivity contribution in [3.8, 4) is 50.4 Å². The third-order valence-corrected chi connectivity index (χ3v) is 35.8. The summed E-state index contributed by atoms with van der Waals surface area (Å²) in [5.74, 6) is 0. The number of aromatic nitrogens is 3. The molecule has 576 valence electrons. The molecule has 0 aliphatic carbocycles. The largest absolute Gasteiger partial charge is 0.309 e. The Morgan fingerprint density at radius 2 is 0.455 bits per heavy atom. The van der Waals surface area contributed by atoms with Crippen LogP contribution in [-0.2, 0) is 13.7 Å². The molecule has 3 aromatic heterocycles. The van der Waals surface area contributed by atoms with E-state index in [1.807, 2.05) is 115 Å². The van der Waals surface area contributed by atoms with Crippen LogP contribution in [0.3, 0.4) is 0 Å². The lowest BCUT2D eigenvalue weighted by Gasteiger charge is -2.16. The standard InChI is InChI=1S/3C38H24NOP/c40-41(26-12-2-1-3-13-26)37-20-9-7-16-31(37)33-23-36-32(24-38(33)41)29-15-6-8-18-34(29)39(36)35-19-10-17-28-27-14-5-4-11-25(27)21-22-30(28)35;40-41(28-11-2-1-3-12-28)37-17-9-7-15-32(37)34-23-36-33(24-38(34)41)31-14-6-8-16-35(31)39(36)27-20-21-30-26(22-27)19-18-25-10-4-5-13-29(25)30;40-41(26-13-2-1-3-14-26)37-21-11-9-19-31(37)33-23-36-32(24-38(33)41)30-18-8-10-20-34(30)39(36)35-22-25-12-4-5-15-27(25)28-16-6-7-17-29(28)35/h3*1-24H. The summed E-state index contributed by atoms with van der Waals surface area (Å²) in [6, 6.07) is 153. The van der Waals surface area contributed by atoms with Gasteiger partial charge in [-0.1, -0.05) is 358 Å². The molecule has 3 aliphatic rings. The van der Waals surface area contributed by atoms with Gasteiger partial charge in [0.2, 0.25) is 0 Å². The van der Waals surface area contributed by atoms with Crippen LogP contribution in [0.2, 0.25) is 0 Å². The van der Waals surface area contributed by atoms with Crippen molar-refractivity contribution in [1.82, 2.24) is 13.7 Å². The molecule has 0 fully saturated rings. The Morgan fingerprint density at radius 3 is 0.927 bits per heavy atom. The van der Waals surface area contributed by atoms with Gasteiger partial charge in [0.15, 0.2) is 21.4 Å². The Balaban J connectivity index is 0.000000101. The van der Waals surface area contributed by atoms with Gasteiger partial charge < -0.3 is 27.4 Å². The number of hydrogen-bond donors (Lipinski definition) is 0. The Labute approximate surface area is 708 Å². The quantitative estimate of drug-likeness (QED) is 0.123. The minimum Gasteiger partial charge on any atom is -0.309 e. The van der Waals surface area contributed by atoms with Crippen molar-refractivity contribution in [1.29, 1.82) is 0 Å². The maximum absolute atomic E-state index is 15.2. The minimum atomic E-state index is -3.03. The Hall–Kier alpha value is -14.7. The average Bonchev–Trinajstić information content (AvgIpc) is 1.54. The molecular weight excluding hydrogens is 1550 g/mol. The summed E-state index contributed by atoms with van der Waals surface area (Å²) < 4.78 is 52.8. The normalized spacial score (nSPS) is 16.0. The molecular formula is C114H72N3O3P3. The van der Waals surface area contributed by atoms with Crippen molar-refractivity contribution in [2.45, 2.75) is 0 Å². The van der Waals surface area contributed by atoms with Gasteiger partial charge in [0.25, 0.3) is 0 Å². The summed E-state index contributed by atoms with van der Waals surface area (Å²) >= 11 is 0. The third kappa shape index (κ3) is 10.4. The molecule has 0 N–H and O–H groups in total. The maximum Gasteiger partial charge on any atom is 0.172 e. The molecule has 27 rings (SSSR count). The molecule has 6 heterocycles. The van der Waals surface area contributed by atoms with E-state index in [4.69, 9.17) is 0 Å². The first-order valence-electron chi connectivity index (χ1n) is 41.9. The second kappa shape index (κ2) is 27.4. The Morgan fingerprint density at radius 1 is 0.154 bits per heavy atom. The SMILES string of the molecule is O=P1(c2ccccc2)c2ccccc2-c2cc3c(cc21)c1ccccc1n3-c1cc2ccccc2c2ccccc12.O=P1(c2ccccc2)c2ccccc2-c2cc3c(cc21)c1ccccc1n3-c1ccc2c(ccc3ccccc32)c1.O=P1(c2ccccc2)c2ccccc2-c2cc3c(cc21)c1ccccc1n3-c1cccc2c1ccc1ccccc12. The second-order valence-electron chi connectivity index (χ2n) is 32.6. The smallest absolute Gasteiger partial charge is 0.172 e. The molecule has 3 atom stereocenters. The topological polar surface area (TPSA) is 66.0 Å². The number of fused-ring (bicyclic) bond motifs is 27. The van der Waals surface area contributed by atoms with Gasteiger partial charge in [0.1, 0.15) is 0 Å². The molecule has 21 aromatic carbocycles. The highest BCUT2D eigenvalue weighted by Crippen LogP contribution is 2.58. The molecule has 0 radical (unpaired) electrons. The van der Waals surface area contributed by atoms with E-state index in [0.717, 1.165) is 153 Å². The summed E-state index contributed by atoms with van der Waals surface area (Å²) in [4.78, 5) is 0. The van der Waals surface area contributed by atoms with Gasteiger partial charge in [0.05, 0.1) is 44.5 Å². The summed E-state index contributed by atoms with van der Waals surface area (Å²) in [7, 11) is -9.06. The third-order valence-electron chi connectivity index (χ3n) is 26.3. The number of hydrogen-bond acceptors (Lipinski definition) is 3. The van der Waals surface area contributed by atoms with Crippen molar-refractivity contribution >= 4 is 199 Å². The molecule has 0 bridgehead atoms.